The van der Waals surface area contributed by atoms with Gasteiger partial charge in [-0.15, -0.1) is 13.2 Å². The maximum atomic E-state index is 13.8. The Morgan fingerprint density at radius 3 is 2.74 bits per heavy atom. The first kappa shape index (κ1) is 18.5. The van der Waals surface area contributed by atoms with Crippen LogP contribution in [-0.4, -0.2) is 15.9 Å². The van der Waals surface area contributed by atoms with Crippen LogP contribution in [0.5, 0.6) is 5.75 Å². The molecule has 0 bridgehead atoms. The number of aromatic nitrogens is 2. The molecule has 1 aliphatic heterocycles. The number of benzene rings is 2. The van der Waals surface area contributed by atoms with E-state index >= 15 is 0 Å². The summed E-state index contributed by atoms with van der Waals surface area (Å²) in [6, 6.07) is 5.65. The van der Waals surface area contributed by atoms with Crippen molar-refractivity contribution in [2.45, 2.75) is 24.9 Å². The highest BCUT2D eigenvalue weighted by atomic mass is 79.9. The predicted molar refractivity (Wildman–Crippen MR) is 95.2 cm³/mol. The fourth-order valence-corrected chi connectivity index (χ4v) is 4.07. The standard InChI is InChI=1S/C17H11BrClF4N3O/c18-7-4-12-11(5-9(7)20)25-16-10(24)6-13(26(12)16)15-8(19)2-1-3-14(15)27-17(21,22)23/h1-5,10,13H,6,24H2. The molecule has 2 aromatic carbocycles. The highest BCUT2D eigenvalue weighted by Crippen LogP contribution is 2.46. The predicted octanol–water partition coefficient (Wildman–Crippen LogP) is 5.48. The molecule has 0 radical (unpaired) electrons. The normalized spacial score (nSPS) is 19.5. The van der Waals surface area contributed by atoms with Crippen LogP contribution in [0, 0.1) is 5.82 Å². The lowest BCUT2D eigenvalue weighted by atomic mass is 10.0. The van der Waals surface area contributed by atoms with Crippen LogP contribution in [0.1, 0.15) is 29.9 Å². The molecular formula is C17H11BrClF4N3O. The second-order valence-electron chi connectivity index (χ2n) is 6.15. The molecule has 1 aliphatic rings. The molecule has 142 valence electrons. The van der Waals surface area contributed by atoms with Gasteiger partial charge in [0.05, 0.1) is 27.6 Å². The molecule has 2 unspecified atom stereocenters. The van der Waals surface area contributed by atoms with E-state index in [4.69, 9.17) is 17.3 Å². The SMILES string of the molecule is NC1CC(c2c(Cl)cccc2OC(F)(F)F)n2c1nc1cc(F)c(Br)cc12. The Labute approximate surface area is 164 Å². The van der Waals surface area contributed by atoms with Gasteiger partial charge in [-0.2, -0.15) is 0 Å². The van der Waals surface area contributed by atoms with Crippen LogP contribution in [-0.2, 0) is 0 Å². The average molecular weight is 465 g/mol. The maximum Gasteiger partial charge on any atom is 0.573 e. The highest BCUT2D eigenvalue weighted by molar-refractivity contribution is 9.10. The van der Waals surface area contributed by atoms with Crippen molar-refractivity contribution in [3.63, 3.8) is 0 Å². The Hall–Kier alpha value is -1.84. The molecule has 0 fully saturated rings. The van der Waals surface area contributed by atoms with Gasteiger partial charge in [-0.05, 0) is 40.5 Å². The molecule has 0 saturated heterocycles. The smallest absolute Gasteiger partial charge is 0.405 e. The van der Waals surface area contributed by atoms with Gasteiger partial charge in [-0.1, -0.05) is 17.7 Å². The van der Waals surface area contributed by atoms with Crippen LogP contribution < -0.4 is 10.5 Å². The minimum absolute atomic E-state index is 0.116. The number of nitrogens with two attached hydrogens (primary N) is 1. The summed E-state index contributed by atoms with van der Waals surface area (Å²) in [6.07, 6.45) is -4.59. The lowest BCUT2D eigenvalue weighted by Crippen LogP contribution is -2.19. The number of hydrogen-bond donors (Lipinski definition) is 1. The molecule has 2 heterocycles. The first-order chi connectivity index (χ1) is 12.7. The van der Waals surface area contributed by atoms with Gasteiger partial charge in [-0.25, -0.2) is 9.37 Å². The Balaban J connectivity index is 1.93. The zero-order valence-corrected chi connectivity index (χ0v) is 15.7. The van der Waals surface area contributed by atoms with Gasteiger partial charge >= 0.3 is 6.36 Å². The summed E-state index contributed by atoms with van der Waals surface area (Å²) in [7, 11) is 0. The third kappa shape index (κ3) is 3.17. The van der Waals surface area contributed by atoms with E-state index in [1.807, 2.05) is 0 Å². The summed E-state index contributed by atoms with van der Waals surface area (Å²) in [4.78, 5) is 4.36. The summed E-state index contributed by atoms with van der Waals surface area (Å²) in [6.45, 7) is 0. The van der Waals surface area contributed by atoms with Crippen molar-refractivity contribution in [3.8, 4) is 5.75 Å². The van der Waals surface area contributed by atoms with Crippen LogP contribution in [0.2, 0.25) is 5.02 Å². The van der Waals surface area contributed by atoms with E-state index in [0.717, 1.165) is 0 Å². The highest BCUT2D eigenvalue weighted by Gasteiger charge is 2.38. The molecule has 10 heteroatoms. The van der Waals surface area contributed by atoms with Gasteiger partial charge in [0.1, 0.15) is 17.4 Å². The monoisotopic (exact) mass is 463 g/mol. The number of ether oxygens (including phenoxy) is 1. The Morgan fingerprint density at radius 1 is 1.30 bits per heavy atom. The van der Waals surface area contributed by atoms with Gasteiger partial charge in [0.25, 0.3) is 0 Å². The number of nitrogens with zero attached hydrogens (tertiary/aromatic N) is 2. The molecule has 0 aliphatic carbocycles. The van der Waals surface area contributed by atoms with Crippen LogP contribution in [0.15, 0.2) is 34.8 Å². The Kier molecular flexibility index (Phi) is 4.36. The van der Waals surface area contributed by atoms with Gasteiger partial charge < -0.3 is 15.0 Å². The Morgan fingerprint density at radius 2 is 2.04 bits per heavy atom. The van der Waals surface area contributed by atoms with E-state index in [1.165, 1.54) is 30.3 Å². The number of hydrogen-bond acceptors (Lipinski definition) is 3. The van der Waals surface area contributed by atoms with E-state index < -0.39 is 30.0 Å². The lowest BCUT2D eigenvalue weighted by molar-refractivity contribution is -0.275. The molecule has 4 rings (SSSR count). The Bertz CT molecular complexity index is 1050. The molecule has 2 N–H and O–H groups in total. The molecule has 0 spiro atoms. The number of rotatable bonds is 2. The fourth-order valence-electron chi connectivity index (χ4n) is 3.45. The third-order valence-corrected chi connectivity index (χ3v) is 5.39. The van der Waals surface area contributed by atoms with E-state index in [1.54, 1.807) is 4.57 Å². The molecule has 2 atom stereocenters. The molecule has 4 nitrogen and oxygen atoms in total. The summed E-state index contributed by atoms with van der Waals surface area (Å²) in [5.74, 6) is -0.448. The summed E-state index contributed by atoms with van der Waals surface area (Å²) < 4.78 is 58.5. The minimum Gasteiger partial charge on any atom is -0.405 e. The first-order valence-corrected chi connectivity index (χ1v) is 8.99. The number of imidazole rings is 1. The molecule has 27 heavy (non-hydrogen) atoms. The topological polar surface area (TPSA) is 53.1 Å². The van der Waals surface area contributed by atoms with Gasteiger partial charge in [0, 0.05) is 16.7 Å². The quantitative estimate of drug-likeness (QED) is 0.511. The van der Waals surface area contributed by atoms with Crippen molar-refractivity contribution in [1.29, 1.82) is 0 Å². The lowest BCUT2D eigenvalue weighted by Gasteiger charge is -2.21. The van der Waals surface area contributed by atoms with Crippen LogP contribution >= 0.6 is 27.5 Å². The third-order valence-electron chi connectivity index (χ3n) is 4.45. The van der Waals surface area contributed by atoms with Crippen molar-refractivity contribution in [2.75, 3.05) is 0 Å². The summed E-state index contributed by atoms with van der Waals surface area (Å²) in [5, 5.41) is 0.116. The van der Waals surface area contributed by atoms with E-state index in [-0.39, 0.29) is 21.5 Å². The first-order valence-electron chi connectivity index (χ1n) is 7.82. The van der Waals surface area contributed by atoms with Gasteiger partial charge in [-0.3, -0.25) is 0 Å². The van der Waals surface area contributed by atoms with E-state index in [9.17, 15) is 17.6 Å². The molecule has 0 amide bonds. The van der Waals surface area contributed by atoms with Gasteiger partial charge in [0.15, 0.2) is 0 Å². The van der Waals surface area contributed by atoms with Crippen molar-refractivity contribution in [2.24, 2.45) is 5.73 Å². The molecular weight excluding hydrogens is 454 g/mol. The maximum absolute atomic E-state index is 13.8. The van der Waals surface area contributed by atoms with E-state index in [2.05, 4.69) is 25.7 Å². The van der Waals surface area contributed by atoms with Crippen LogP contribution in [0.25, 0.3) is 11.0 Å². The average Bonchev–Trinajstić information content (AvgIpc) is 3.05. The second kappa shape index (κ2) is 6.35. The van der Waals surface area contributed by atoms with Gasteiger partial charge in [0.2, 0.25) is 0 Å². The second-order valence-corrected chi connectivity index (χ2v) is 7.41. The van der Waals surface area contributed by atoms with Crippen LogP contribution in [0.4, 0.5) is 17.6 Å². The van der Waals surface area contributed by atoms with Crippen molar-refractivity contribution in [3.05, 3.63) is 57.0 Å². The molecule has 3 aromatic rings. The largest absolute Gasteiger partial charge is 0.573 e. The number of fused-ring (bicyclic) bond motifs is 3. The van der Waals surface area contributed by atoms with Crippen molar-refractivity contribution >= 4 is 38.6 Å². The van der Waals surface area contributed by atoms with E-state index in [0.29, 0.717) is 16.9 Å². The van der Waals surface area contributed by atoms with Crippen LogP contribution in [0.3, 0.4) is 0 Å². The molecule has 0 saturated carbocycles. The zero-order valence-electron chi connectivity index (χ0n) is 13.4. The summed E-state index contributed by atoms with van der Waals surface area (Å²) in [5.41, 5.74) is 7.20. The molecule has 1 aromatic heterocycles. The fraction of sp³-hybridized carbons (Fsp3) is 0.235. The van der Waals surface area contributed by atoms with Crippen molar-refractivity contribution in [1.82, 2.24) is 9.55 Å². The number of alkyl halides is 3. The number of halogens is 6. The summed E-state index contributed by atoms with van der Waals surface area (Å²) >= 11 is 9.36. The minimum atomic E-state index is -4.87. The van der Waals surface area contributed by atoms with Crippen molar-refractivity contribution < 1.29 is 22.3 Å². The zero-order chi connectivity index (χ0) is 19.5.